The monoisotopic (exact) mass is 242 g/mol. The van der Waals surface area contributed by atoms with E-state index >= 15 is 0 Å². The summed E-state index contributed by atoms with van der Waals surface area (Å²) in [5.41, 5.74) is 0.948. The molecular weight excluding hydrogens is 230 g/mol. The van der Waals surface area contributed by atoms with Crippen molar-refractivity contribution in [3.05, 3.63) is 29.3 Å². The van der Waals surface area contributed by atoms with Crippen LogP contribution in [0.3, 0.4) is 0 Å². The van der Waals surface area contributed by atoms with E-state index in [0.717, 1.165) is 0 Å². The highest BCUT2D eigenvalue weighted by Crippen LogP contribution is 2.43. The van der Waals surface area contributed by atoms with Gasteiger partial charge in [-0.15, -0.1) is 0 Å². The molecule has 0 aliphatic heterocycles. The van der Waals surface area contributed by atoms with Gasteiger partial charge in [0.2, 0.25) is 0 Å². The molecule has 0 saturated heterocycles. The number of carboxylic acid groups (broad SMARTS) is 1. The number of carboxylic acids is 1. The van der Waals surface area contributed by atoms with Gasteiger partial charge in [0.15, 0.2) is 0 Å². The lowest BCUT2D eigenvalue weighted by Gasteiger charge is -2.29. The van der Waals surface area contributed by atoms with E-state index in [9.17, 15) is 18.7 Å². The molecule has 92 valence electrons. The van der Waals surface area contributed by atoms with Crippen LogP contribution in [0.25, 0.3) is 0 Å². The number of halogens is 2. The van der Waals surface area contributed by atoms with Crippen molar-refractivity contribution in [1.29, 1.82) is 0 Å². The van der Waals surface area contributed by atoms with Crippen LogP contribution in [0.1, 0.15) is 29.9 Å². The van der Waals surface area contributed by atoms with Gasteiger partial charge in [-0.2, -0.15) is 8.78 Å². The number of benzene rings is 1. The number of phenolic OH excluding ortho intramolecular Hbond substituents is 1. The minimum Gasteiger partial charge on any atom is -0.508 e. The molecule has 2 N–H and O–H groups in total. The quantitative estimate of drug-likeness (QED) is 0.837. The fourth-order valence-electron chi connectivity index (χ4n) is 2.33. The van der Waals surface area contributed by atoms with Crippen molar-refractivity contribution in [1.82, 2.24) is 0 Å². The van der Waals surface area contributed by atoms with Crippen LogP contribution in [-0.4, -0.2) is 22.1 Å². The summed E-state index contributed by atoms with van der Waals surface area (Å²) in [6.45, 7) is 0. The maximum Gasteiger partial charge on any atom is 0.375 e. The van der Waals surface area contributed by atoms with Crippen LogP contribution in [0, 0.1) is 0 Å². The number of rotatable bonds is 2. The van der Waals surface area contributed by atoms with E-state index in [0.29, 0.717) is 24.0 Å². The summed E-state index contributed by atoms with van der Waals surface area (Å²) < 4.78 is 27.1. The maximum absolute atomic E-state index is 13.5. The van der Waals surface area contributed by atoms with Gasteiger partial charge in [-0.3, -0.25) is 0 Å². The summed E-state index contributed by atoms with van der Waals surface area (Å²) in [5.74, 6) is -7.14. The molecule has 5 heteroatoms. The van der Waals surface area contributed by atoms with Gasteiger partial charge in [-0.1, -0.05) is 6.07 Å². The number of hydrogen-bond acceptors (Lipinski definition) is 2. The summed E-state index contributed by atoms with van der Waals surface area (Å²) in [5, 5.41) is 17.9. The van der Waals surface area contributed by atoms with Gasteiger partial charge < -0.3 is 10.2 Å². The molecular formula is C12H12F2O3. The van der Waals surface area contributed by atoms with Crippen LogP contribution in [-0.2, 0) is 11.2 Å². The molecule has 17 heavy (non-hydrogen) atoms. The van der Waals surface area contributed by atoms with Gasteiger partial charge >= 0.3 is 11.9 Å². The highest BCUT2D eigenvalue weighted by Gasteiger charge is 2.49. The molecule has 0 aromatic heterocycles. The maximum atomic E-state index is 13.5. The Hall–Kier alpha value is -1.65. The summed E-state index contributed by atoms with van der Waals surface area (Å²) in [7, 11) is 0. The zero-order valence-electron chi connectivity index (χ0n) is 8.99. The minimum atomic E-state index is -3.76. The largest absolute Gasteiger partial charge is 0.508 e. The summed E-state index contributed by atoms with van der Waals surface area (Å²) in [6.07, 6.45) is 1.25. The van der Waals surface area contributed by atoms with Crippen LogP contribution in [0.5, 0.6) is 5.75 Å². The lowest BCUT2D eigenvalue weighted by molar-refractivity contribution is -0.169. The average molecular weight is 242 g/mol. The van der Waals surface area contributed by atoms with Crippen LogP contribution < -0.4 is 0 Å². The van der Waals surface area contributed by atoms with Crippen LogP contribution in [0.4, 0.5) is 8.78 Å². The fraction of sp³-hybridized carbons (Fsp3) is 0.417. The van der Waals surface area contributed by atoms with Gasteiger partial charge in [-0.25, -0.2) is 4.79 Å². The average Bonchev–Trinajstić information content (AvgIpc) is 2.27. The van der Waals surface area contributed by atoms with E-state index in [1.54, 1.807) is 0 Å². The van der Waals surface area contributed by atoms with Crippen molar-refractivity contribution in [2.75, 3.05) is 0 Å². The highest BCUT2D eigenvalue weighted by atomic mass is 19.3. The number of alkyl halides is 2. The second-order valence-corrected chi connectivity index (χ2v) is 4.26. The minimum absolute atomic E-state index is 0.0167. The summed E-state index contributed by atoms with van der Waals surface area (Å²) in [4.78, 5) is 10.6. The van der Waals surface area contributed by atoms with Crippen molar-refractivity contribution in [3.63, 3.8) is 0 Å². The Kier molecular flexibility index (Phi) is 2.77. The third-order valence-corrected chi connectivity index (χ3v) is 3.16. The first-order valence-corrected chi connectivity index (χ1v) is 5.36. The Morgan fingerprint density at radius 3 is 2.76 bits per heavy atom. The standard InChI is InChI=1S/C12H12F2O3/c13-12(14,11(16)17)10-3-1-2-7-6-8(15)4-5-9(7)10/h4-6,10,15H,1-3H2,(H,16,17). The number of aliphatic carboxylic acids is 1. The Bertz CT molecular complexity index is 457. The molecule has 0 fully saturated rings. The van der Waals surface area contributed by atoms with Crippen molar-refractivity contribution in [2.45, 2.75) is 31.1 Å². The molecule has 0 radical (unpaired) electrons. The van der Waals surface area contributed by atoms with Crippen molar-refractivity contribution in [2.24, 2.45) is 0 Å². The topological polar surface area (TPSA) is 57.5 Å². The molecule has 0 spiro atoms. The number of fused-ring (bicyclic) bond motifs is 1. The van der Waals surface area contributed by atoms with E-state index < -0.39 is 17.8 Å². The lowest BCUT2D eigenvalue weighted by atomic mass is 9.79. The zero-order valence-corrected chi connectivity index (χ0v) is 8.99. The second kappa shape index (κ2) is 3.98. The Morgan fingerprint density at radius 2 is 2.12 bits per heavy atom. The Balaban J connectivity index is 2.45. The van der Waals surface area contributed by atoms with E-state index in [2.05, 4.69) is 0 Å². The zero-order chi connectivity index (χ0) is 12.6. The molecule has 1 aromatic rings. The molecule has 3 nitrogen and oxygen atoms in total. The van der Waals surface area contributed by atoms with Gasteiger partial charge in [0.05, 0.1) is 5.92 Å². The third-order valence-electron chi connectivity index (χ3n) is 3.16. The van der Waals surface area contributed by atoms with E-state index in [1.807, 2.05) is 0 Å². The summed E-state index contributed by atoms with van der Waals surface area (Å²) >= 11 is 0. The van der Waals surface area contributed by atoms with Crippen molar-refractivity contribution >= 4 is 5.97 Å². The first-order chi connectivity index (χ1) is 7.93. The molecule has 1 aliphatic rings. The van der Waals surface area contributed by atoms with Crippen molar-refractivity contribution in [3.8, 4) is 5.75 Å². The van der Waals surface area contributed by atoms with Crippen LogP contribution in [0.2, 0.25) is 0 Å². The molecule has 0 heterocycles. The predicted molar refractivity (Wildman–Crippen MR) is 56.4 cm³/mol. The molecule has 0 saturated carbocycles. The molecule has 1 aromatic carbocycles. The normalized spacial score (nSPS) is 19.8. The smallest absolute Gasteiger partial charge is 0.375 e. The molecule has 1 aliphatic carbocycles. The SMILES string of the molecule is O=C(O)C(F)(F)C1CCCc2cc(O)ccc21. The number of hydrogen-bond donors (Lipinski definition) is 2. The number of aromatic hydroxyl groups is 1. The Labute approximate surface area is 96.7 Å². The van der Waals surface area contributed by atoms with Crippen LogP contribution >= 0.6 is 0 Å². The summed E-state index contributed by atoms with van der Waals surface area (Å²) in [6, 6.07) is 4.14. The fourth-order valence-corrected chi connectivity index (χ4v) is 2.33. The third kappa shape index (κ3) is 1.97. The molecule has 0 bridgehead atoms. The second-order valence-electron chi connectivity index (χ2n) is 4.26. The van der Waals surface area contributed by atoms with Crippen LogP contribution in [0.15, 0.2) is 18.2 Å². The first-order valence-electron chi connectivity index (χ1n) is 5.36. The lowest BCUT2D eigenvalue weighted by Crippen LogP contribution is -2.37. The molecule has 1 unspecified atom stereocenters. The number of aryl methyl sites for hydroxylation is 1. The number of phenols is 1. The van der Waals surface area contributed by atoms with Gasteiger partial charge in [-0.05, 0) is 42.5 Å². The van der Waals surface area contributed by atoms with Gasteiger partial charge in [0.1, 0.15) is 5.75 Å². The predicted octanol–water partition coefficient (Wildman–Crippen LogP) is 2.53. The van der Waals surface area contributed by atoms with Gasteiger partial charge in [0.25, 0.3) is 0 Å². The first kappa shape index (κ1) is 11.8. The molecule has 0 amide bonds. The van der Waals surface area contributed by atoms with Crippen molar-refractivity contribution < 1.29 is 23.8 Å². The van der Waals surface area contributed by atoms with E-state index in [4.69, 9.17) is 5.11 Å². The van der Waals surface area contributed by atoms with E-state index in [1.165, 1.54) is 18.2 Å². The number of carbonyl (C=O) groups is 1. The Morgan fingerprint density at radius 1 is 1.41 bits per heavy atom. The van der Waals surface area contributed by atoms with Gasteiger partial charge in [0, 0.05) is 0 Å². The highest BCUT2D eigenvalue weighted by molar-refractivity contribution is 5.77. The molecule has 2 rings (SSSR count). The molecule has 1 atom stereocenters. The van der Waals surface area contributed by atoms with E-state index in [-0.39, 0.29) is 12.2 Å².